The summed E-state index contributed by atoms with van der Waals surface area (Å²) in [6.07, 6.45) is 3.57. The quantitative estimate of drug-likeness (QED) is 0.213. The zero-order valence-electron chi connectivity index (χ0n) is 7.70. The lowest BCUT2D eigenvalue weighted by molar-refractivity contribution is 0.304. The first-order chi connectivity index (χ1) is 6.15. The molecule has 0 aliphatic heterocycles. The molecule has 0 bridgehead atoms. The molecule has 1 aliphatic rings. The topological polar surface area (TPSA) is 96.7 Å². The molecule has 0 radical (unpaired) electrons. The van der Waals surface area contributed by atoms with Crippen LogP contribution in [-0.4, -0.2) is 10.9 Å². The third-order valence-electron chi connectivity index (χ3n) is 2.36. The summed E-state index contributed by atoms with van der Waals surface area (Å²) in [7, 11) is 0. The van der Waals surface area contributed by atoms with Crippen molar-refractivity contribution in [3.05, 3.63) is 11.8 Å². The molecule has 2 unspecified atom stereocenters. The molecule has 6 N–H and O–H groups in total. The third kappa shape index (κ3) is 2.35. The number of amidine groups is 1. The average Bonchev–Trinajstić information content (AvgIpc) is 2.10. The van der Waals surface area contributed by atoms with Crippen molar-refractivity contribution in [2.24, 2.45) is 28.5 Å². The van der Waals surface area contributed by atoms with Crippen LogP contribution in [0.5, 0.6) is 0 Å². The van der Waals surface area contributed by atoms with E-state index in [1.807, 2.05) is 6.92 Å². The van der Waals surface area contributed by atoms with Gasteiger partial charge in [0.05, 0.1) is 5.76 Å². The van der Waals surface area contributed by atoms with E-state index in [1.54, 1.807) is 6.08 Å². The molecule has 0 saturated heterocycles. The van der Waals surface area contributed by atoms with Crippen LogP contribution in [0, 0.1) is 11.8 Å². The number of aliphatic hydroxyl groups is 1. The fourth-order valence-corrected chi connectivity index (χ4v) is 1.42. The van der Waals surface area contributed by atoms with Gasteiger partial charge in [-0.25, -0.2) is 11.4 Å². The molecule has 0 aromatic heterocycles. The predicted molar refractivity (Wildman–Crippen MR) is 51.5 cm³/mol. The lowest BCUT2D eigenvalue weighted by atomic mass is 9.87. The highest BCUT2D eigenvalue weighted by molar-refractivity contribution is 5.84. The average molecular weight is 184 g/mol. The number of nitrogens with zero attached hydrogens (tertiary/aromatic N) is 1. The second-order valence-electron chi connectivity index (χ2n) is 3.34. The Bertz CT molecular complexity index is 236. The molecule has 2 atom stereocenters. The van der Waals surface area contributed by atoms with Crippen molar-refractivity contribution in [2.75, 3.05) is 0 Å². The molecule has 0 aromatic carbocycles. The largest absolute Gasteiger partial charge is 0.512 e. The van der Waals surface area contributed by atoms with Crippen LogP contribution in [0.3, 0.4) is 0 Å². The Kier molecular flexibility index (Phi) is 3.13. The molecule has 0 spiro atoms. The van der Waals surface area contributed by atoms with E-state index in [0.29, 0.717) is 11.6 Å². The smallest absolute Gasteiger partial charge is 0.128 e. The van der Waals surface area contributed by atoms with Crippen LogP contribution in [0.4, 0.5) is 0 Å². The molecule has 0 amide bonds. The summed E-state index contributed by atoms with van der Waals surface area (Å²) in [6.45, 7) is 1.98. The number of rotatable bonds is 2. The summed E-state index contributed by atoms with van der Waals surface area (Å²) in [4.78, 5) is 0. The molecule has 0 saturated carbocycles. The van der Waals surface area contributed by atoms with Gasteiger partial charge in [0, 0.05) is 11.8 Å². The second-order valence-corrected chi connectivity index (χ2v) is 3.34. The Hall–Kier alpha value is -1.23. The highest BCUT2D eigenvalue weighted by Crippen LogP contribution is 2.26. The normalized spacial score (nSPS) is 29.7. The Labute approximate surface area is 77.5 Å². The number of allylic oxidation sites excluding steroid dienone is 1. The SMILES string of the molecule is CC1CCC(/C(N)=N/NN)C=C1O. The van der Waals surface area contributed by atoms with Crippen molar-refractivity contribution < 1.29 is 5.11 Å². The summed E-state index contributed by atoms with van der Waals surface area (Å²) >= 11 is 0. The van der Waals surface area contributed by atoms with Gasteiger partial charge >= 0.3 is 0 Å². The Balaban J connectivity index is 2.69. The Morgan fingerprint density at radius 1 is 1.69 bits per heavy atom. The Morgan fingerprint density at radius 2 is 2.38 bits per heavy atom. The van der Waals surface area contributed by atoms with Gasteiger partial charge in [0.1, 0.15) is 5.84 Å². The van der Waals surface area contributed by atoms with E-state index < -0.39 is 0 Å². The molecule has 0 fully saturated rings. The number of hydrazone groups is 1. The van der Waals surface area contributed by atoms with Crippen LogP contribution >= 0.6 is 0 Å². The van der Waals surface area contributed by atoms with E-state index in [9.17, 15) is 5.11 Å². The summed E-state index contributed by atoms with van der Waals surface area (Å²) in [5.74, 6) is 6.05. The number of hydrazine groups is 1. The zero-order chi connectivity index (χ0) is 9.84. The van der Waals surface area contributed by atoms with Crippen LogP contribution in [0.15, 0.2) is 16.9 Å². The third-order valence-corrected chi connectivity index (χ3v) is 2.36. The first-order valence-electron chi connectivity index (χ1n) is 4.34. The minimum absolute atomic E-state index is 0.00671. The second kappa shape index (κ2) is 4.13. The van der Waals surface area contributed by atoms with Crippen molar-refractivity contribution in [1.29, 1.82) is 0 Å². The number of hydrogen-bond acceptors (Lipinski definition) is 4. The van der Waals surface area contributed by atoms with Gasteiger partial charge in [0.15, 0.2) is 0 Å². The summed E-state index contributed by atoms with van der Waals surface area (Å²) in [5, 5.41) is 13.1. The lowest BCUT2D eigenvalue weighted by Gasteiger charge is -2.22. The molecule has 0 heterocycles. The van der Waals surface area contributed by atoms with E-state index >= 15 is 0 Å². The van der Waals surface area contributed by atoms with Gasteiger partial charge in [0.25, 0.3) is 0 Å². The maximum absolute atomic E-state index is 9.46. The van der Waals surface area contributed by atoms with Crippen LogP contribution in [-0.2, 0) is 0 Å². The van der Waals surface area contributed by atoms with Crippen molar-refractivity contribution in [3.63, 3.8) is 0 Å². The van der Waals surface area contributed by atoms with Crippen LogP contribution in [0.2, 0.25) is 0 Å². The lowest BCUT2D eigenvalue weighted by Crippen LogP contribution is -2.30. The van der Waals surface area contributed by atoms with E-state index in [-0.39, 0.29) is 11.8 Å². The van der Waals surface area contributed by atoms with Gasteiger partial charge in [-0.15, -0.1) is 0 Å². The van der Waals surface area contributed by atoms with Gasteiger partial charge in [-0.3, -0.25) is 0 Å². The highest BCUT2D eigenvalue weighted by Gasteiger charge is 2.21. The van der Waals surface area contributed by atoms with Gasteiger partial charge in [0.2, 0.25) is 0 Å². The van der Waals surface area contributed by atoms with Gasteiger partial charge < -0.3 is 10.8 Å². The molecule has 5 nitrogen and oxygen atoms in total. The minimum Gasteiger partial charge on any atom is -0.512 e. The standard InChI is InChI=1S/C8H16N4O/c1-5-2-3-6(4-7(5)13)8(9)11-12-10/h4-6,12-13H,2-3,10H2,1H3,(H2,9,11). The maximum atomic E-state index is 9.46. The molecule has 5 heteroatoms. The first-order valence-corrected chi connectivity index (χ1v) is 4.34. The molecule has 0 aromatic rings. The molecule has 1 rings (SSSR count). The number of nitrogens with two attached hydrogens (primary N) is 2. The van der Waals surface area contributed by atoms with Crippen molar-refractivity contribution in [1.82, 2.24) is 5.53 Å². The number of nitrogens with one attached hydrogen (secondary N) is 1. The van der Waals surface area contributed by atoms with Gasteiger partial charge in [-0.05, 0) is 18.9 Å². The summed E-state index contributed by atoms with van der Waals surface area (Å²) in [5.41, 5.74) is 7.76. The monoisotopic (exact) mass is 184 g/mol. The van der Waals surface area contributed by atoms with Gasteiger partial charge in [-0.1, -0.05) is 6.92 Å². The first kappa shape index (κ1) is 9.85. The van der Waals surface area contributed by atoms with Crippen molar-refractivity contribution in [3.8, 4) is 0 Å². The van der Waals surface area contributed by atoms with Crippen LogP contribution in [0.25, 0.3) is 0 Å². The highest BCUT2D eigenvalue weighted by atomic mass is 16.3. The molecule has 74 valence electrons. The molecule has 13 heavy (non-hydrogen) atoms. The molecule has 1 aliphatic carbocycles. The number of aliphatic hydroxyl groups excluding tert-OH is 1. The zero-order valence-corrected chi connectivity index (χ0v) is 7.70. The van der Waals surface area contributed by atoms with E-state index in [0.717, 1.165) is 12.8 Å². The van der Waals surface area contributed by atoms with Crippen molar-refractivity contribution in [2.45, 2.75) is 19.8 Å². The molecular formula is C8H16N4O. The predicted octanol–water partition coefficient (Wildman–Crippen LogP) is 0.210. The van der Waals surface area contributed by atoms with Crippen LogP contribution < -0.4 is 17.1 Å². The maximum Gasteiger partial charge on any atom is 0.128 e. The van der Waals surface area contributed by atoms with E-state index in [4.69, 9.17) is 11.6 Å². The minimum atomic E-state index is 0.00671. The summed E-state index contributed by atoms with van der Waals surface area (Å²) < 4.78 is 0. The van der Waals surface area contributed by atoms with Gasteiger partial charge in [-0.2, -0.15) is 5.10 Å². The number of hydrogen-bond donors (Lipinski definition) is 4. The van der Waals surface area contributed by atoms with E-state index in [1.165, 1.54) is 0 Å². The fraction of sp³-hybridized carbons (Fsp3) is 0.625. The fourth-order valence-electron chi connectivity index (χ4n) is 1.42. The van der Waals surface area contributed by atoms with E-state index in [2.05, 4.69) is 10.6 Å². The summed E-state index contributed by atoms with van der Waals surface area (Å²) in [6, 6.07) is 0. The van der Waals surface area contributed by atoms with Crippen molar-refractivity contribution >= 4 is 5.84 Å². The van der Waals surface area contributed by atoms with Crippen LogP contribution in [0.1, 0.15) is 19.8 Å². The molecular weight excluding hydrogens is 168 g/mol. The Morgan fingerprint density at radius 3 is 2.92 bits per heavy atom.